The van der Waals surface area contributed by atoms with E-state index in [9.17, 15) is 13.2 Å². The van der Waals surface area contributed by atoms with Gasteiger partial charge < -0.3 is 10.6 Å². The van der Waals surface area contributed by atoms with Gasteiger partial charge in [0.2, 0.25) is 0 Å². The zero-order chi connectivity index (χ0) is 14.7. The Kier molecular flexibility index (Phi) is 4.29. The number of nitrogens with zero attached hydrogens (tertiary/aromatic N) is 1. The van der Waals surface area contributed by atoms with Crippen LogP contribution in [0.2, 0.25) is 0 Å². The Morgan fingerprint density at radius 2 is 1.65 bits per heavy atom. The van der Waals surface area contributed by atoms with Gasteiger partial charge in [-0.15, -0.1) is 0 Å². The van der Waals surface area contributed by atoms with Gasteiger partial charge in [-0.05, 0) is 18.2 Å². The van der Waals surface area contributed by atoms with Gasteiger partial charge in [-0.2, -0.15) is 0 Å². The Balaban J connectivity index is 2.17. The van der Waals surface area contributed by atoms with Crippen LogP contribution in [0.15, 0.2) is 42.5 Å². The lowest BCUT2D eigenvalue weighted by Crippen LogP contribution is -2.30. The van der Waals surface area contributed by atoms with Crippen LogP contribution in [0.5, 0.6) is 0 Å². The second-order valence-corrected chi connectivity index (χ2v) is 4.58. The molecule has 0 bridgehead atoms. The number of nitrogens with two attached hydrogens (primary N) is 1. The molecule has 0 aliphatic carbocycles. The number of anilines is 1. The third-order valence-corrected chi connectivity index (χ3v) is 3.12. The number of rotatable bonds is 4. The van der Waals surface area contributed by atoms with Crippen molar-refractivity contribution in [1.82, 2.24) is 0 Å². The van der Waals surface area contributed by atoms with Gasteiger partial charge in [-0.1, -0.05) is 24.3 Å². The Hall–Kier alpha value is -2.01. The summed E-state index contributed by atoms with van der Waals surface area (Å²) in [5.41, 5.74) is 6.32. The van der Waals surface area contributed by atoms with Crippen molar-refractivity contribution in [2.75, 3.05) is 18.5 Å². The standard InChI is InChI=1S/C15H15F3N2/c1-20(14-8-3-2-6-11(14)16)9-13(19)10-5-4-7-12(17)15(10)18/h2-8,13H,9,19H2,1H3. The Bertz CT molecular complexity index is 601. The fraction of sp³-hybridized carbons (Fsp3) is 0.200. The van der Waals surface area contributed by atoms with E-state index < -0.39 is 17.7 Å². The van der Waals surface area contributed by atoms with Crippen molar-refractivity contribution in [1.29, 1.82) is 0 Å². The molecule has 1 atom stereocenters. The van der Waals surface area contributed by atoms with Gasteiger partial charge >= 0.3 is 0 Å². The molecule has 2 rings (SSSR count). The minimum atomic E-state index is -0.957. The quantitative estimate of drug-likeness (QED) is 0.931. The van der Waals surface area contributed by atoms with Crippen LogP contribution < -0.4 is 10.6 Å². The summed E-state index contributed by atoms with van der Waals surface area (Å²) >= 11 is 0. The lowest BCUT2D eigenvalue weighted by Gasteiger charge is -2.24. The Labute approximate surface area is 115 Å². The first kappa shape index (κ1) is 14.4. The molecule has 0 spiro atoms. The fourth-order valence-corrected chi connectivity index (χ4v) is 2.06. The van der Waals surface area contributed by atoms with Crippen LogP contribution in [-0.4, -0.2) is 13.6 Å². The second kappa shape index (κ2) is 5.96. The first-order chi connectivity index (χ1) is 9.50. The van der Waals surface area contributed by atoms with E-state index in [1.807, 2.05) is 0 Å². The lowest BCUT2D eigenvalue weighted by atomic mass is 10.1. The number of likely N-dealkylation sites (N-methyl/N-ethyl adjacent to an activating group) is 1. The molecule has 0 aromatic heterocycles. The molecule has 0 amide bonds. The molecule has 5 heteroatoms. The Morgan fingerprint density at radius 3 is 2.35 bits per heavy atom. The molecule has 106 valence electrons. The van der Waals surface area contributed by atoms with Crippen LogP contribution in [-0.2, 0) is 0 Å². The predicted molar refractivity (Wildman–Crippen MR) is 73.0 cm³/mol. The maximum atomic E-state index is 13.6. The summed E-state index contributed by atoms with van der Waals surface area (Å²) < 4.78 is 40.4. The third-order valence-electron chi connectivity index (χ3n) is 3.12. The molecule has 2 aromatic rings. The lowest BCUT2D eigenvalue weighted by molar-refractivity contribution is 0.488. The normalized spacial score (nSPS) is 12.2. The second-order valence-electron chi connectivity index (χ2n) is 4.58. The SMILES string of the molecule is CN(CC(N)c1cccc(F)c1F)c1ccccc1F. The molecule has 1 unspecified atom stereocenters. The highest BCUT2D eigenvalue weighted by atomic mass is 19.2. The molecular formula is C15H15F3N2. The van der Waals surface area contributed by atoms with Crippen molar-refractivity contribution in [2.45, 2.75) is 6.04 Å². The molecule has 0 aliphatic rings. The van der Waals surface area contributed by atoms with E-state index in [0.717, 1.165) is 6.07 Å². The molecule has 0 saturated heterocycles. The summed E-state index contributed by atoms with van der Waals surface area (Å²) in [5, 5.41) is 0. The van der Waals surface area contributed by atoms with E-state index in [-0.39, 0.29) is 17.9 Å². The van der Waals surface area contributed by atoms with E-state index in [4.69, 9.17) is 5.73 Å². The topological polar surface area (TPSA) is 29.3 Å². The van der Waals surface area contributed by atoms with Crippen LogP contribution in [0, 0.1) is 17.5 Å². The molecule has 0 aliphatic heterocycles. The molecular weight excluding hydrogens is 265 g/mol. The highest BCUT2D eigenvalue weighted by Gasteiger charge is 2.17. The highest BCUT2D eigenvalue weighted by Crippen LogP contribution is 2.22. The zero-order valence-electron chi connectivity index (χ0n) is 11.0. The highest BCUT2D eigenvalue weighted by molar-refractivity contribution is 5.47. The number of benzene rings is 2. The van der Waals surface area contributed by atoms with Crippen molar-refractivity contribution in [3.05, 3.63) is 65.5 Å². The molecule has 2 aromatic carbocycles. The van der Waals surface area contributed by atoms with Gasteiger partial charge in [0.05, 0.1) is 11.7 Å². The summed E-state index contributed by atoms with van der Waals surface area (Å²) in [6.07, 6.45) is 0. The van der Waals surface area contributed by atoms with Crippen molar-refractivity contribution in [3.63, 3.8) is 0 Å². The van der Waals surface area contributed by atoms with Gasteiger partial charge in [-0.3, -0.25) is 0 Å². The van der Waals surface area contributed by atoms with Gasteiger partial charge in [0, 0.05) is 19.2 Å². The number of hydrogen-bond donors (Lipinski definition) is 1. The Morgan fingerprint density at radius 1 is 1.00 bits per heavy atom. The van der Waals surface area contributed by atoms with Crippen LogP contribution in [0.25, 0.3) is 0 Å². The summed E-state index contributed by atoms with van der Waals surface area (Å²) in [7, 11) is 1.65. The van der Waals surface area contributed by atoms with Gasteiger partial charge in [0.25, 0.3) is 0 Å². The maximum Gasteiger partial charge on any atom is 0.163 e. The molecule has 2 nitrogen and oxygen atoms in total. The minimum absolute atomic E-state index is 0.0770. The summed E-state index contributed by atoms with van der Waals surface area (Å²) in [6, 6.07) is 9.32. The summed E-state index contributed by atoms with van der Waals surface area (Å²) in [5.74, 6) is -2.28. The average Bonchev–Trinajstić information content (AvgIpc) is 2.42. The van der Waals surface area contributed by atoms with Crippen LogP contribution in [0.4, 0.5) is 18.9 Å². The number of para-hydroxylation sites is 1. The summed E-state index contributed by atoms with van der Waals surface area (Å²) in [4.78, 5) is 1.57. The molecule has 0 heterocycles. The molecule has 0 saturated carbocycles. The molecule has 0 radical (unpaired) electrons. The molecule has 20 heavy (non-hydrogen) atoms. The molecule has 0 fully saturated rings. The van der Waals surface area contributed by atoms with Crippen molar-refractivity contribution in [3.8, 4) is 0 Å². The number of hydrogen-bond acceptors (Lipinski definition) is 2. The largest absolute Gasteiger partial charge is 0.370 e. The summed E-state index contributed by atoms with van der Waals surface area (Å²) in [6.45, 7) is 0.168. The predicted octanol–water partition coefficient (Wildman–Crippen LogP) is 3.24. The monoisotopic (exact) mass is 280 g/mol. The minimum Gasteiger partial charge on any atom is -0.370 e. The van der Waals surface area contributed by atoms with E-state index in [1.54, 1.807) is 30.1 Å². The van der Waals surface area contributed by atoms with E-state index in [2.05, 4.69) is 0 Å². The van der Waals surface area contributed by atoms with Gasteiger partial charge in [0.15, 0.2) is 11.6 Å². The zero-order valence-corrected chi connectivity index (χ0v) is 11.0. The van der Waals surface area contributed by atoms with E-state index in [1.165, 1.54) is 18.2 Å². The van der Waals surface area contributed by atoms with Crippen molar-refractivity contribution >= 4 is 5.69 Å². The number of halogens is 3. The van der Waals surface area contributed by atoms with Crippen LogP contribution >= 0.6 is 0 Å². The van der Waals surface area contributed by atoms with E-state index >= 15 is 0 Å². The fourth-order valence-electron chi connectivity index (χ4n) is 2.06. The smallest absolute Gasteiger partial charge is 0.163 e. The van der Waals surface area contributed by atoms with Gasteiger partial charge in [-0.25, -0.2) is 13.2 Å². The van der Waals surface area contributed by atoms with Gasteiger partial charge in [0.1, 0.15) is 5.82 Å². The maximum absolute atomic E-state index is 13.6. The first-order valence-corrected chi connectivity index (χ1v) is 6.16. The average molecular weight is 280 g/mol. The van der Waals surface area contributed by atoms with E-state index in [0.29, 0.717) is 5.69 Å². The third kappa shape index (κ3) is 2.93. The first-order valence-electron chi connectivity index (χ1n) is 6.16. The van der Waals surface area contributed by atoms with Crippen LogP contribution in [0.1, 0.15) is 11.6 Å². The van der Waals surface area contributed by atoms with Crippen LogP contribution in [0.3, 0.4) is 0 Å². The van der Waals surface area contributed by atoms with Crippen molar-refractivity contribution < 1.29 is 13.2 Å². The molecule has 2 N–H and O–H groups in total. The van der Waals surface area contributed by atoms with Crippen molar-refractivity contribution in [2.24, 2.45) is 5.73 Å².